The Balaban J connectivity index is 1.85. The number of benzene rings is 1. The third-order valence-electron chi connectivity index (χ3n) is 3.41. The summed E-state index contributed by atoms with van der Waals surface area (Å²) < 4.78 is 0.993. The van der Waals surface area contributed by atoms with E-state index in [1.807, 2.05) is 24.3 Å². The maximum absolute atomic E-state index is 12.0. The molecule has 1 aromatic carbocycles. The zero-order chi connectivity index (χ0) is 14.5. The summed E-state index contributed by atoms with van der Waals surface area (Å²) in [5, 5.41) is 11.8. The fraction of sp³-hybridized carbons (Fsp3) is 0.429. The molecule has 1 aromatic rings. The number of aliphatic carboxylic acids is 1. The van der Waals surface area contributed by atoms with Gasteiger partial charge in [0.2, 0.25) is 0 Å². The van der Waals surface area contributed by atoms with Crippen molar-refractivity contribution in [2.24, 2.45) is 5.92 Å². The second-order valence-corrected chi connectivity index (χ2v) is 5.82. The van der Waals surface area contributed by atoms with Gasteiger partial charge < -0.3 is 15.3 Å². The largest absolute Gasteiger partial charge is 0.481 e. The van der Waals surface area contributed by atoms with Crippen LogP contribution >= 0.6 is 15.9 Å². The molecule has 20 heavy (non-hydrogen) atoms. The lowest BCUT2D eigenvalue weighted by molar-refractivity contribution is -0.143. The van der Waals surface area contributed by atoms with Gasteiger partial charge in [-0.25, -0.2) is 4.79 Å². The molecular weight excluding hydrogens is 324 g/mol. The number of hydrogen-bond donors (Lipinski definition) is 2. The topological polar surface area (TPSA) is 69.6 Å². The molecule has 6 heteroatoms. The van der Waals surface area contributed by atoms with E-state index in [2.05, 4.69) is 21.2 Å². The van der Waals surface area contributed by atoms with E-state index >= 15 is 0 Å². The fourth-order valence-corrected chi connectivity index (χ4v) is 2.52. The maximum Gasteiger partial charge on any atom is 0.317 e. The lowest BCUT2D eigenvalue weighted by Gasteiger charge is -2.30. The summed E-state index contributed by atoms with van der Waals surface area (Å²) in [5.74, 6) is -1.27. The Morgan fingerprint density at radius 3 is 2.70 bits per heavy atom. The van der Waals surface area contributed by atoms with Gasteiger partial charge in [0.1, 0.15) is 0 Å². The van der Waals surface area contributed by atoms with Gasteiger partial charge in [0.05, 0.1) is 5.92 Å². The lowest BCUT2D eigenvalue weighted by atomic mass is 9.99. The van der Waals surface area contributed by atoms with E-state index in [0.29, 0.717) is 26.1 Å². The molecule has 0 aromatic heterocycles. The first-order chi connectivity index (χ1) is 9.56. The second kappa shape index (κ2) is 6.74. The summed E-state index contributed by atoms with van der Waals surface area (Å²) in [4.78, 5) is 24.6. The zero-order valence-electron chi connectivity index (χ0n) is 11.0. The third-order valence-corrected chi connectivity index (χ3v) is 3.94. The average Bonchev–Trinajstić information content (AvgIpc) is 2.46. The smallest absolute Gasteiger partial charge is 0.317 e. The van der Waals surface area contributed by atoms with Gasteiger partial charge in [-0.15, -0.1) is 0 Å². The van der Waals surface area contributed by atoms with Gasteiger partial charge in [-0.3, -0.25) is 4.79 Å². The van der Waals surface area contributed by atoms with Crippen molar-refractivity contribution in [2.45, 2.75) is 19.4 Å². The number of carboxylic acids is 1. The van der Waals surface area contributed by atoms with Crippen molar-refractivity contribution in [1.82, 2.24) is 10.2 Å². The van der Waals surface area contributed by atoms with Crippen LogP contribution in [0.15, 0.2) is 28.7 Å². The third kappa shape index (κ3) is 3.96. The molecule has 2 amide bonds. The Kier molecular flexibility index (Phi) is 5.00. The van der Waals surface area contributed by atoms with Gasteiger partial charge in [0.15, 0.2) is 0 Å². The molecule has 0 bridgehead atoms. The highest BCUT2D eigenvalue weighted by Crippen LogP contribution is 2.16. The minimum atomic E-state index is -0.824. The number of rotatable bonds is 3. The molecule has 1 fully saturated rings. The Morgan fingerprint density at radius 1 is 1.35 bits per heavy atom. The number of carbonyl (C=O) groups is 2. The van der Waals surface area contributed by atoms with Crippen LogP contribution in [-0.2, 0) is 11.3 Å². The number of hydrogen-bond acceptors (Lipinski definition) is 2. The highest BCUT2D eigenvalue weighted by atomic mass is 79.9. The number of urea groups is 1. The Labute approximate surface area is 126 Å². The number of piperidine rings is 1. The molecule has 0 aliphatic carbocycles. The first kappa shape index (κ1) is 14.8. The van der Waals surface area contributed by atoms with Crippen molar-refractivity contribution in [3.63, 3.8) is 0 Å². The van der Waals surface area contributed by atoms with Crippen LogP contribution in [0.5, 0.6) is 0 Å². The first-order valence-corrected chi connectivity index (χ1v) is 7.35. The standard InChI is InChI=1S/C14H17BrN2O3/c15-12-5-3-10(4-6-12)8-16-14(20)17-7-1-2-11(9-17)13(18)19/h3-6,11H,1-2,7-9H2,(H,16,20)(H,18,19)/t11-/m1/s1. The zero-order valence-corrected chi connectivity index (χ0v) is 12.6. The molecule has 108 valence electrons. The molecule has 2 rings (SSSR count). The van der Waals surface area contributed by atoms with Gasteiger partial charge in [0, 0.05) is 24.1 Å². The number of amides is 2. The molecule has 0 radical (unpaired) electrons. The van der Waals surface area contributed by atoms with E-state index < -0.39 is 11.9 Å². The molecule has 1 aliphatic heterocycles. The first-order valence-electron chi connectivity index (χ1n) is 6.56. The average molecular weight is 341 g/mol. The molecule has 1 aliphatic rings. The highest BCUT2D eigenvalue weighted by Gasteiger charge is 2.27. The van der Waals surface area contributed by atoms with Crippen LogP contribution in [0.1, 0.15) is 18.4 Å². The van der Waals surface area contributed by atoms with Crippen LogP contribution in [0.25, 0.3) is 0 Å². The molecule has 2 N–H and O–H groups in total. The van der Waals surface area contributed by atoms with E-state index in [0.717, 1.165) is 16.5 Å². The summed E-state index contributed by atoms with van der Waals surface area (Å²) in [6, 6.07) is 7.51. The van der Waals surface area contributed by atoms with Crippen LogP contribution in [0.3, 0.4) is 0 Å². The molecule has 1 heterocycles. The van der Waals surface area contributed by atoms with E-state index in [4.69, 9.17) is 5.11 Å². The Bertz CT molecular complexity index is 490. The highest BCUT2D eigenvalue weighted by molar-refractivity contribution is 9.10. The van der Waals surface area contributed by atoms with Crippen LogP contribution < -0.4 is 5.32 Å². The molecule has 5 nitrogen and oxygen atoms in total. The van der Waals surface area contributed by atoms with Crippen LogP contribution in [0.4, 0.5) is 4.79 Å². The Morgan fingerprint density at radius 2 is 2.05 bits per heavy atom. The quantitative estimate of drug-likeness (QED) is 0.887. The van der Waals surface area contributed by atoms with E-state index in [-0.39, 0.29) is 6.03 Å². The van der Waals surface area contributed by atoms with Crippen LogP contribution in [0.2, 0.25) is 0 Å². The minimum absolute atomic E-state index is 0.195. The normalized spacial score (nSPS) is 18.6. The molecule has 0 unspecified atom stereocenters. The van der Waals surface area contributed by atoms with Crippen molar-refractivity contribution in [1.29, 1.82) is 0 Å². The molecule has 1 atom stereocenters. The number of carboxylic acid groups (broad SMARTS) is 1. The van der Waals surface area contributed by atoms with Gasteiger partial charge >= 0.3 is 12.0 Å². The Hall–Kier alpha value is -1.56. The van der Waals surface area contributed by atoms with Gasteiger partial charge in [-0.1, -0.05) is 28.1 Å². The van der Waals surface area contributed by atoms with Crippen molar-refractivity contribution < 1.29 is 14.7 Å². The number of halogens is 1. The number of nitrogens with one attached hydrogen (secondary N) is 1. The monoisotopic (exact) mass is 340 g/mol. The SMILES string of the molecule is O=C(O)[C@@H]1CCCN(C(=O)NCc2ccc(Br)cc2)C1. The van der Waals surface area contributed by atoms with Crippen molar-refractivity contribution in [2.75, 3.05) is 13.1 Å². The summed E-state index contributed by atoms with van der Waals surface area (Å²) in [6.45, 7) is 1.36. The lowest BCUT2D eigenvalue weighted by Crippen LogP contribution is -2.46. The predicted molar refractivity (Wildman–Crippen MR) is 78.3 cm³/mol. The van der Waals surface area contributed by atoms with Gasteiger partial charge in [0.25, 0.3) is 0 Å². The summed E-state index contributed by atoms with van der Waals surface area (Å²) in [6.07, 6.45) is 1.38. The molecule has 0 saturated carbocycles. The number of likely N-dealkylation sites (tertiary alicyclic amines) is 1. The van der Waals surface area contributed by atoms with Crippen molar-refractivity contribution in [3.05, 3.63) is 34.3 Å². The minimum Gasteiger partial charge on any atom is -0.481 e. The van der Waals surface area contributed by atoms with Crippen LogP contribution in [0, 0.1) is 5.92 Å². The molecule has 1 saturated heterocycles. The number of carbonyl (C=O) groups excluding carboxylic acids is 1. The van der Waals surface area contributed by atoms with E-state index in [1.54, 1.807) is 4.90 Å². The van der Waals surface area contributed by atoms with E-state index in [1.165, 1.54) is 0 Å². The predicted octanol–water partition coefficient (Wildman–Crippen LogP) is 2.46. The number of nitrogens with zero attached hydrogens (tertiary/aromatic N) is 1. The van der Waals surface area contributed by atoms with E-state index in [9.17, 15) is 9.59 Å². The maximum atomic E-state index is 12.0. The van der Waals surface area contributed by atoms with Gasteiger partial charge in [-0.2, -0.15) is 0 Å². The summed E-state index contributed by atoms with van der Waals surface area (Å²) in [7, 11) is 0. The summed E-state index contributed by atoms with van der Waals surface area (Å²) >= 11 is 3.36. The molecular formula is C14H17BrN2O3. The van der Waals surface area contributed by atoms with Crippen LogP contribution in [-0.4, -0.2) is 35.1 Å². The summed E-state index contributed by atoms with van der Waals surface area (Å²) in [5.41, 5.74) is 1.01. The second-order valence-electron chi connectivity index (χ2n) is 4.91. The fourth-order valence-electron chi connectivity index (χ4n) is 2.25. The van der Waals surface area contributed by atoms with Crippen molar-refractivity contribution in [3.8, 4) is 0 Å². The molecule has 0 spiro atoms. The van der Waals surface area contributed by atoms with Gasteiger partial charge in [-0.05, 0) is 30.5 Å². The van der Waals surface area contributed by atoms with Crippen molar-refractivity contribution >= 4 is 27.9 Å².